The van der Waals surface area contributed by atoms with E-state index in [2.05, 4.69) is 167 Å². The largest absolute Gasteiger partial charge is 0.309 e. The molecule has 0 spiro atoms. The van der Waals surface area contributed by atoms with Crippen LogP contribution in [0.2, 0.25) is 0 Å². The van der Waals surface area contributed by atoms with Crippen LogP contribution >= 0.6 is 11.3 Å². The molecular formula is C42H26N2S. The van der Waals surface area contributed by atoms with Crippen molar-refractivity contribution >= 4 is 75.1 Å². The van der Waals surface area contributed by atoms with Crippen LogP contribution in [0, 0.1) is 0 Å². The van der Waals surface area contributed by atoms with Crippen molar-refractivity contribution in [3.63, 3.8) is 0 Å². The average Bonchev–Trinajstić information content (AvgIpc) is 3.76. The zero-order chi connectivity index (χ0) is 29.5. The second-order valence-corrected chi connectivity index (χ2v) is 12.8. The molecule has 0 aliphatic rings. The van der Waals surface area contributed by atoms with Crippen LogP contribution in [0.15, 0.2) is 158 Å². The first-order valence-corrected chi connectivity index (χ1v) is 16.2. The molecule has 7 aromatic carbocycles. The fourth-order valence-corrected chi connectivity index (χ4v) is 8.60. The Balaban J connectivity index is 1.23. The maximum atomic E-state index is 2.44. The van der Waals surface area contributed by atoms with Crippen LogP contribution in [0.4, 0.5) is 0 Å². The highest BCUT2D eigenvalue weighted by Crippen LogP contribution is 2.41. The Morgan fingerprint density at radius 1 is 0.356 bits per heavy atom. The van der Waals surface area contributed by atoms with E-state index in [0.29, 0.717) is 0 Å². The van der Waals surface area contributed by atoms with Crippen molar-refractivity contribution in [1.82, 2.24) is 9.13 Å². The zero-order valence-corrected chi connectivity index (χ0v) is 25.1. The minimum absolute atomic E-state index is 1.16. The first-order chi connectivity index (χ1) is 22.3. The van der Waals surface area contributed by atoms with Gasteiger partial charge in [-0.2, -0.15) is 0 Å². The van der Waals surface area contributed by atoms with Crippen LogP contribution in [-0.2, 0) is 0 Å². The predicted octanol–water partition coefficient (Wildman–Crippen LogP) is 11.9. The second kappa shape index (κ2) is 9.43. The Morgan fingerprint density at radius 3 is 1.60 bits per heavy atom. The number of para-hydroxylation sites is 3. The third-order valence-corrected chi connectivity index (χ3v) is 10.5. The fourth-order valence-electron chi connectivity index (χ4n) is 7.36. The molecule has 3 heteroatoms. The highest BCUT2D eigenvalue weighted by atomic mass is 32.1. The summed E-state index contributed by atoms with van der Waals surface area (Å²) in [7, 11) is 0. The number of thiophene rings is 1. The maximum Gasteiger partial charge on any atom is 0.0561 e. The predicted molar refractivity (Wildman–Crippen MR) is 193 cm³/mol. The molecule has 10 rings (SSSR count). The van der Waals surface area contributed by atoms with Crippen molar-refractivity contribution in [2.45, 2.75) is 0 Å². The summed E-state index contributed by atoms with van der Waals surface area (Å²) in [4.78, 5) is 0. The third-order valence-electron chi connectivity index (χ3n) is 9.32. The van der Waals surface area contributed by atoms with Gasteiger partial charge < -0.3 is 9.13 Å². The molecule has 0 bridgehead atoms. The monoisotopic (exact) mass is 590 g/mol. The molecule has 0 aliphatic carbocycles. The summed E-state index contributed by atoms with van der Waals surface area (Å²) in [5, 5.41) is 7.72. The number of aromatic nitrogens is 2. The average molecular weight is 591 g/mol. The molecule has 0 amide bonds. The Morgan fingerprint density at radius 2 is 0.889 bits per heavy atom. The van der Waals surface area contributed by atoms with E-state index in [-0.39, 0.29) is 0 Å². The number of benzene rings is 7. The van der Waals surface area contributed by atoms with Crippen LogP contribution in [0.3, 0.4) is 0 Å². The maximum absolute atomic E-state index is 2.44. The van der Waals surface area contributed by atoms with Gasteiger partial charge in [0.25, 0.3) is 0 Å². The Hall–Kier alpha value is -5.64. The van der Waals surface area contributed by atoms with Gasteiger partial charge in [-0.15, -0.1) is 11.3 Å². The van der Waals surface area contributed by atoms with Crippen molar-refractivity contribution in [2.24, 2.45) is 0 Å². The van der Waals surface area contributed by atoms with Gasteiger partial charge in [0.1, 0.15) is 0 Å². The number of rotatable bonds is 3. The van der Waals surface area contributed by atoms with E-state index in [4.69, 9.17) is 0 Å². The third kappa shape index (κ3) is 3.56. The molecule has 0 atom stereocenters. The smallest absolute Gasteiger partial charge is 0.0561 e. The molecule has 0 unspecified atom stereocenters. The highest BCUT2D eigenvalue weighted by Gasteiger charge is 2.17. The van der Waals surface area contributed by atoms with Gasteiger partial charge in [0, 0.05) is 53.1 Å². The molecule has 45 heavy (non-hydrogen) atoms. The molecule has 0 fully saturated rings. The van der Waals surface area contributed by atoms with Crippen LogP contribution in [0.5, 0.6) is 0 Å². The van der Waals surface area contributed by atoms with Crippen molar-refractivity contribution < 1.29 is 0 Å². The van der Waals surface area contributed by atoms with Gasteiger partial charge >= 0.3 is 0 Å². The molecule has 0 aliphatic heterocycles. The standard InChI is InChI=1S/C42H26N2S/c1-5-19-37-31(13-1)32-14-2-6-20-38(32)43(37)29-23-24-34-33-15-3-7-21-39(33)44(40(34)26-29)28-12-9-11-27(25-28)30-17-10-18-36-35-16-4-8-22-41(35)45-42(30)36/h1-26H. The minimum atomic E-state index is 1.16. The number of hydrogen-bond donors (Lipinski definition) is 0. The number of hydrogen-bond acceptors (Lipinski definition) is 1. The van der Waals surface area contributed by atoms with Crippen LogP contribution in [-0.4, -0.2) is 9.13 Å². The van der Waals surface area contributed by atoms with E-state index in [9.17, 15) is 0 Å². The van der Waals surface area contributed by atoms with E-state index in [1.807, 2.05) is 11.3 Å². The lowest BCUT2D eigenvalue weighted by atomic mass is 10.0. The van der Waals surface area contributed by atoms with Gasteiger partial charge in [0.2, 0.25) is 0 Å². The SMILES string of the molecule is c1cc(-c2cccc3c2sc2ccccc23)cc(-n2c3ccccc3c3ccc(-n4c5ccccc5c5ccccc54)cc32)c1. The van der Waals surface area contributed by atoms with Gasteiger partial charge in [-0.3, -0.25) is 0 Å². The molecule has 0 N–H and O–H groups in total. The van der Waals surface area contributed by atoms with Gasteiger partial charge in [-0.25, -0.2) is 0 Å². The summed E-state index contributed by atoms with van der Waals surface area (Å²) in [5.41, 5.74) is 9.69. The minimum Gasteiger partial charge on any atom is -0.309 e. The van der Waals surface area contributed by atoms with E-state index in [1.165, 1.54) is 74.9 Å². The van der Waals surface area contributed by atoms with Gasteiger partial charge in [0.15, 0.2) is 0 Å². The summed E-state index contributed by atoms with van der Waals surface area (Å²) in [5.74, 6) is 0. The lowest BCUT2D eigenvalue weighted by molar-refractivity contribution is 1.15. The number of nitrogens with zero attached hydrogens (tertiary/aromatic N) is 2. The van der Waals surface area contributed by atoms with Crippen molar-refractivity contribution in [1.29, 1.82) is 0 Å². The Bertz CT molecular complexity index is 2720. The molecular weight excluding hydrogens is 565 g/mol. The van der Waals surface area contributed by atoms with Gasteiger partial charge in [0.05, 0.1) is 22.1 Å². The van der Waals surface area contributed by atoms with Crippen LogP contribution < -0.4 is 0 Å². The van der Waals surface area contributed by atoms with E-state index >= 15 is 0 Å². The quantitative estimate of drug-likeness (QED) is 0.194. The lowest BCUT2D eigenvalue weighted by Gasteiger charge is -2.13. The summed E-state index contributed by atoms with van der Waals surface area (Å²) in [6.45, 7) is 0. The summed E-state index contributed by atoms with van der Waals surface area (Å²) < 4.78 is 7.52. The van der Waals surface area contributed by atoms with Crippen molar-refractivity contribution in [2.75, 3.05) is 0 Å². The summed E-state index contributed by atoms with van der Waals surface area (Å²) in [6.07, 6.45) is 0. The molecule has 10 aromatic rings. The van der Waals surface area contributed by atoms with Crippen LogP contribution in [0.25, 0.3) is 86.3 Å². The molecule has 3 heterocycles. The Labute approximate surface area is 263 Å². The molecule has 210 valence electrons. The fraction of sp³-hybridized carbons (Fsp3) is 0. The van der Waals surface area contributed by atoms with Gasteiger partial charge in [-0.05, 0) is 59.7 Å². The molecule has 0 radical (unpaired) electrons. The van der Waals surface area contributed by atoms with E-state index in [1.54, 1.807) is 0 Å². The lowest BCUT2D eigenvalue weighted by Crippen LogP contribution is -1.97. The van der Waals surface area contributed by atoms with E-state index in [0.717, 1.165) is 11.4 Å². The molecule has 0 saturated heterocycles. The topological polar surface area (TPSA) is 9.86 Å². The van der Waals surface area contributed by atoms with Crippen molar-refractivity contribution in [3.05, 3.63) is 158 Å². The second-order valence-electron chi connectivity index (χ2n) is 11.8. The Kier molecular flexibility index (Phi) is 5.19. The highest BCUT2D eigenvalue weighted by molar-refractivity contribution is 7.26. The summed E-state index contributed by atoms with van der Waals surface area (Å²) in [6, 6.07) is 57.7. The first kappa shape index (κ1) is 24.8. The van der Waals surface area contributed by atoms with Gasteiger partial charge in [-0.1, -0.05) is 109 Å². The molecule has 2 nitrogen and oxygen atoms in total. The first-order valence-electron chi connectivity index (χ1n) is 15.4. The molecule has 3 aromatic heterocycles. The number of fused-ring (bicyclic) bond motifs is 9. The van der Waals surface area contributed by atoms with E-state index < -0.39 is 0 Å². The zero-order valence-electron chi connectivity index (χ0n) is 24.3. The molecule has 0 saturated carbocycles. The normalized spacial score (nSPS) is 12.0. The van der Waals surface area contributed by atoms with Crippen LogP contribution in [0.1, 0.15) is 0 Å². The van der Waals surface area contributed by atoms with Crippen molar-refractivity contribution in [3.8, 4) is 22.5 Å². The summed E-state index contributed by atoms with van der Waals surface area (Å²) >= 11 is 1.88.